The predicted molar refractivity (Wildman–Crippen MR) is 86.9 cm³/mol. The quantitative estimate of drug-likeness (QED) is 0.660. The number of aryl methyl sites for hydroxylation is 1. The van der Waals surface area contributed by atoms with Crippen molar-refractivity contribution < 1.29 is 22.3 Å². The van der Waals surface area contributed by atoms with Crippen LogP contribution >= 0.6 is 0 Å². The van der Waals surface area contributed by atoms with E-state index in [2.05, 4.69) is 0 Å². The molecule has 22 heavy (non-hydrogen) atoms. The van der Waals surface area contributed by atoms with Crippen LogP contribution in [0.1, 0.15) is 39.7 Å². The van der Waals surface area contributed by atoms with Crippen LogP contribution in [0.5, 0.6) is 0 Å². The summed E-state index contributed by atoms with van der Waals surface area (Å²) in [6.45, 7) is 8.04. The van der Waals surface area contributed by atoms with Gasteiger partial charge in [0.1, 0.15) is 0 Å². The van der Waals surface area contributed by atoms with Crippen molar-refractivity contribution in [2.45, 2.75) is 51.7 Å². The molecule has 0 aromatic heterocycles. The molecule has 0 bridgehead atoms. The van der Waals surface area contributed by atoms with Crippen molar-refractivity contribution in [2.24, 2.45) is 0 Å². The van der Waals surface area contributed by atoms with Gasteiger partial charge < -0.3 is 9.31 Å². The van der Waals surface area contributed by atoms with Gasteiger partial charge in [0.15, 0.2) is 0 Å². The number of benzene rings is 1. The average Bonchev–Trinajstić information content (AvgIpc) is 2.58. The lowest BCUT2D eigenvalue weighted by molar-refractivity contribution is 0.00578. The largest absolute Gasteiger partial charge is 0.494 e. The second-order valence-corrected chi connectivity index (χ2v) is 8.29. The molecule has 7 heteroatoms. The maximum atomic E-state index is 10.7. The Hall–Kier alpha value is -0.885. The van der Waals surface area contributed by atoms with Gasteiger partial charge in [0.25, 0.3) is 10.1 Å². The Bertz CT molecular complexity index is 606. The van der Waals surface area contributed by atoms with Crippen molar-refractivity contribution in [3.8, 4) is 0 Å². The summed E-state index contributed by atoms with van der Waals surface area (Å²) in [5.41, 5.74) is 1.22. The molecule has 1 saturated heterocycles. The predicted octanol–water partition coefficient (Wildman–Crippen LogP) is 1.81. The van der Waals surface area contributed by atoms with E-state index in [4.69, 9.17) is 13.9 Å². The Morgan fingerprint density at radius 3 is 2.00 bits per heavy atom. The molecule has 0 aliphatic carbocycles. The van der Waals surface area contributed by atoms with Crippen LogP contribution in [0.25, 0.3) is 0 Å². The van der Waals surface area contributed by atoms with Crippen molar-refractivity contribution >= 4 is 22.7 Å². The molecule has 2 rings (SSSR count). The smallest absolute Gasteiger partial charge is 0.399 e. The number of rotatable bonds is 5. The number of hydrogen-bond donors (Lipinski definition) is 1. The maximum Gasteiger partial charge on any atom is 0.494 e. The van der Waals surface area contributed by atoms with E-state index in [1.165, 1.54) is 0 Å². The summed E-state index contributed by atoms with van der Waals surface area (Å²) < 4.78 is 42.1. The third-order valence-corrected chi connectivity index (χ3v) is 5.18. The standard InChI is InChI=1S/C15H23BO5S/c1-14(2)15(3,4)21-16(20-14)13-9-7-12(8-10-13)6-5-11-22(17,18)19/h7-10H,5-6,11H2,1-4H3,(H,17,18,19). The van der Waals surface area contributed by atoms with Gasteiger partial charge in [-0.15, -0.1) is 0 Å². The van der Waals surface area contributed by atoms with E-state index in [0.29, 0.717) is 12.8 Å². The third kappa shape index (κ3) is 4.10. The zero-order valence-corrected chi connectivity index (χ0v) is 14.3. The first-order valence-corrected chi connectivity index (χ1v) is 9.01. The molecule has 1 heterocycles. The fraction of sp³-hybridized carbons (Fsp3) is 0.600. The molecule has 1 aliphatic rings. The molecule has 5 nitrogen and oxygen atoms in total. The monoisotopic (exact) mass is 326 g/mol. The van der Waals surface area contributed by atoms with E-state index in [1.54, 1.807) is 0 Å². The summed E-state index contributed by atoms with van der Waals surface area (Å²) in [4.78, 5) is 0. The van der Waals surface area contributed by atoms with E-state index in [1.807, 2.05) is 52.0 Å². The molecule has 122 valence electrons. The zero-order chi connectivity index (χ0) is 16.6. The molecule has 1 aliphatic heterocycles. The van der Waals surface area contributed by atoms with Crippen LogP contribution in [-0.2, 0) is 25.8 Å². The average molecular weight is 326 g/mol. The molecular weight excluding hydrogens is 303 g/mol. The molecule has 0 saturated carbocycles. The summed E-state index contributed by atoms with van der Waals surface area (Å²) in [7, 11) is -4.27. The minimum atomic E-state index is -3.88. The van der Waals surface area contributed by atoms with Crippen LogP contribution in [-0.4, -0.2) is 37.0 Å². The normalized spacial score (nSPS) is 20.3. The summed E-state index contributed by atoms with van der Waals surface area (Å²) in [6, 6.07) is 7.74. The van der Waals surface area contributed by atoms with Gasteiger partial charge in [-0.1, -0.05) is 24.3 Å². The van der Waals surface area contributed by atoms with Gasteiger partial charge in [0.05, 0.1) is 17.0 Å². The summed E-state index contributed by atoms with van der Waals surface area (Å²) in [5.74, 6) is -0.216. The summed E-state index contributed by atoms with van der Waals surface area (Å²) >= 11 is 0. The molecule has 1 N–H and O–H groups in total. The lowest BCUT2D eigenvalue weighted by Crippen LogP contribution is -2.41. The maximum absolute atomic E-state index is 10.7. The van der Waals surface area contributed by atoms with Crippen LogP contribution in [0.3, 0.4) is 0 Å². The Morgan fingerprint density at radius 1 is 1.05 bits per heavy atom. The van der Waals surface area contributed by atoms with Gasteiger partial charge in [-0.25, -0.2) is 0 Å². The Labute approximate surface area is 132 Å². The van der Waals surface area contributed by atoms with Gasteiger partial charge >= 0.3 is 7.12 Å². The van der Waals surface area contributed by atoms with E-state index in [0.717, 1.165) is 11.0 Å². The van der Waals surface area contributed by atoms with Crippen molar-refractivity contribution in [2.75, 3.05) is 5.75 Å². The lowest BCUT2D eigenvalue weighted by Gasteiger charge is -2.32. The Morgan fingerprint density at radius 2 is 1.55 bits per heavy atom. The summed E-state index contributed by atoms with van der Waals surface area (Å²) in [6.07, 6.45) is 0.998. The molecular formula is C15H23BO5S. The van der Waals surface area contributed by atoms with Gasteiger partial charge in [-0.3, -0.25) is 4.55 Å². The highest BCUT2D eigenvalue weighted by Gasteiger charge is 2.51. The first-order valence-electron chi connectivity index (χ1n) is 7.40. The van der Waals surface area contributed by atoms with Crippen LogP contribution in [0, 0.1) is 0 Å². The lowest BCUT2D eigenvalue weighted by atomic mass is 9.79. The van der Waals surface area contributed by atoms with Gasteiger partial charge in [-0.05, 0) is 51.6 Å². The van der Waals surface area contributed by atoms with E-state index in [9.17, 15) is 8.42 Å². The van der Waals surface area contributed by atoms with Gasteiger partial charge in [-0.2, -0.15) is 8.42 Å². The SMILES string of the molecule is CC1(C)OB(c2ccc(CCCS(=O)(=O)O)cc2)OC1(C)C. The highest BCUT2D eigenvalue weighted by molar-refractivity contribution is 7.85. The first-order chi connectivity index (χ1) is 10.0. The topological polar surface area (TPSA) is 72.8 Å². The first kappa shape index (κ1) is 17.5. The molecule has 0 amide bonds. The van der Waals surface area contributed by atoms with E-state index >= 15 is 0 Å². The fourth-order valence-electron chi connectivity index (χ4n) is 2.28. The third-order valence-electron chi connectivity index (χ3n) is 4.37. The van der Waals surface area contributed by atoms with Gasteiger partial charge in [0.2, 0.25) is 0 Å². The van der Waals surface area contributed by atoms with Crippen LogP contribution in [0.2, 0.25) is 0 Å². The minimum Gasteiger partial charge on any atom is -0.399 e. The van der Waals surface area contributed by atoms with Gasteiger partial charge in [0, 0.05) is 0 Å². The second kappa shape index (κ2) is 5.96. The minimum absolute atomic E-state index is 0.216. The van der Waals surface area contributed by atoms with Crippen molar-refractivity contribution in [1.29, 1.82) is 0 Å². The molecule has 1 aromatic carbocycles. The Kier molecular flexibility index (Phi) is 4.73. The second-order valence-electron chi connectivity index (χ2n) is 6.72. The molecule has 1 aromatic rings. The molecule has 0 radical (unpaired) electrons. The molecule has 0 unspecified atom stereocenters. The highest BCUT2D eigenvalue weighted by Crippen LogP contribution is 2.36. The molecule has 0 atom stereocenters. The number of hydrogen-bond acceptors (Lipinski definition) is 4. The van der Waals surface area contributed by atoms with Crippen molar-refractivity contribution in [3.63, 3.8) is 0 Å². The van der Waals surface area contributed by atoms with E-state index < -0.39 is 17.2 Å². The van der Waals surface area contributed by atoms with Crippen molar-refractivity contribution in [1.82, 2.24) is 0 Å². The highest BCUT2D eigenvalue weighted by atomic mass is 32.2. The zero-order valence-electron chi connectivity index (χ0n) is 13.5. The van der Waals surface area contributed by atoms with E-state index in [-0.39, 0.29) is 17.0 Å². The van der Waals surface area contributed by atoms with Crippen LogP contribution in [0.4, 0.5) is 0 Å². The van der Waals surface area contributed by atoms with Crippen LogP contribution in [0.15, 0.2) is 24.3 Å². The Balaban J connectivity index is 1.98. The van der Waals surface area contributed by atoms with Crippen LogP contribution < -0.4 is 5.46 Å². The fourth-order valence-corrected chi connectivity index (χ4v) is 2.79. The summed E-state index contributed by atoms with van der Waals surface area (Å²) in [5, 5.41) is 0. The molecule has 0 spiro atoms. The van der Waals surface area contributed by atoms with Crippen molar-refractivity contribution in [3.05, 3.63) is 29.8 Å². The molecule has 1 fully saturated rings.